The maximum atomic E-state index is 5.92. The Morgan fingerprint density at radius 2 is 2.35 bits per heavy atom. The summed E-state index contributed by atoms with van der Waals surface area (Å²) in [7, 11) is 1.79. The topological polar surface area (TPSA) is 45.7 Å². The zero-order chi connectivity index (χ0) is 14.4. The second-order valence-corrected chi connectivity index (χ2v) is 7.01. The van der Waals surface area contributed by atoms with E-state index in [2.05, 4.69) is 28.6 Å². The number of hydrogen-bond donors (Lipinski definition) is 2. The fraction of sp³-hybridized carbons (Fsp3) is 0.643. The van der Waals surface area contributed by atoms with Gasteiger partial charge in [-0.05, 0) is 38.3 Å². The first-order chi connectivity index (χ1) is 9.61. The molecule has 1 aromatic rings. The zero-order valence-corrected chi connectivity index (χ0v) is 13.6. The van der Waals surface area contributed by atoms with Gasteiger partial charge < -0.3 is 15.4 Å². The smallest absolute Gasteiger partial charge is 0.191 e. The van der Waals surface area contributed by atoms with Gasteiger partial charge in [0.15, 0.2) is 5.96 Å². The minimum atomic E-state index is -0.0566. The molecule has 0 bridgehead atoms. The van der Waals surface area contributed by atoms with Gasteiger partial charge in [0.05, 0.1) is 9.94 Å². The van der Waals surface area contributed by atoms with Crippen molar-refractivity contribution >= 4 is 28.9 Å². The van der Waals surface area contributed by atoms with Crippen LogP contribution >= 0.6 is 22.9 Å². The Hall–Kier alpha value is -0.780. The Morgan fingerprint density at radius 1 is 1.50 bits per heavy atom. The molecular formula is C14H22ClN3OS. The van der Waals surface area contributed by atoms with Crippen molar-refractivity contribution in [2.45, 2.75) is 31.8 Å². The quantitative estimate of drug-likeness (QED) is 0.648. The number of rotatable bonds is 5. The van der Waals surface area contributed by atoms with E-state index in [0.29, 0.717) is 0 Å². The first-order valence-electron chi connectivity index (χ1n) is 6.94. The molecule has 0 spiro atoms. The summed E-state index contributed by atoms with van der Waals surface area (Å²) in [4.78, 5) is 5.51. The molecular weight excluding hydrogens is 294 g/mol. The van der Waals surface area contributed by atoms with Crippen LogP contribution in [0, 0.1) is 0 Å². The monoisotopic (exact) mass is 315 g/mol. The third-order valence-corrected chi connectivity index (χ3v) is 4.74. The zero-order valence-electron chi connectivity index (χ0n) is 12.0. The second-order valence-electron chi connectivity index (χ2n) is 5.21. The van der Waals surface area contributed by atoms with Crippen molar-refractivity contribution in [1.82, 2.24) is 10.6 Å². The maximum absolute atomic E-state index is 5.92. The lowest BCUT2D eigenvalue weighted by Gasteiger charge is -2.24. The maximum Gasteiger partial charge on any atom is 0.191 e. The van der Waals surface area contributed by atoms with Crippen molar-refractivity contribution in [2.75, 3.05) is 26.7 Å². The van der Waals surface area contributed by atoms with E-state index in [1.165, 1.54) is 4.88 Å². The predicted molar refractivity (Wildman–Crippen MR) is 86.0 cm³/mol. The molecule has 0 aromatic carbocycles. The average Bonchev–Trinajstić information content (AvgIpc) is 3.03. The van der Waals surface area contributed by atoms with Crippen LogP contribution in [-0.2, 0) is 11.2 Å². The highest BCUT2D eigenvalue weighted by Crippen LogP contribution is 2.24. The van der Waals surface area contributed by atoms with E-state index in [9.17, 15) is 0 Å². The lowest BCUT2D eigenvalue weighted by molar-refractivity contribution is 0.0243. The largest absolute Gasteiger partial charge is 0.373 e. The summed E-state index contributed by atoms with van der Waals surface area (Å²) < 4.78 is 6.60. The summed E-state index contributed by atoms with van der Waals surface area (Å²) >= 11 is 7.54. The Kier molecular flexibility index (Phi) is 5.69. The molecule has 1 saturated heterocycles. The van der Waals surface area contributed by atoms with Crippen LogP contribution < -0.4 is 10.6 Å². The molecule has 20 heavy (non-hydrogen) atoms. The van der Waals surface area contributed by atoms with E-state index in [-0.39, 0.29) is 5.60 Å². The van der Waals surface area contributed by atoms with Gasteiger partial charge in [0, 0.05) is 31.6 Å². The standard InChI is InChI=1S/C14H22ClN3OS/c1-14(7-3-9-19-14)10-18-13(16-2)17-8-6-11-4-5-12(15)20-11/h4-5H,3,6-10H2,1-2H3,(H2,16,17,18). The van der Waals surface area contributed by atoms with Crippen LogP contribution in [0.25, 0.3) is 0 Å². The number of guanidine groups is 1. The molecule has 112 valence electrons. The van der Waals surface area contributed by atoms with E-state index in [1.807, 2.05) is 6.07 Å². The molecule has 6 heteroatoms. The van der Waals surface area contributed by atoms with Crippen molar-refractivity contribution in [3.05, 3.63) is 21.3 Å². The molecule has 0 saturated carbocycles. The van der Waals surface area contributed by atoms with E-state index in [0.717, 1.165) is 49.3 Å². The summed E-state index contributed by atoms with van der Waals surface area (Å²) in [6.07, 6.45) is 3.19. The summed E-state index contributed by atoms with van der Waals surface area (Å²) in [6, 6.07) is 4.01. The molecule has 2 N–H and O–H groups in total. The van der Waals surface area contributed by atoms with Crippen molar-refractivity contribution in [3.8, 4) is 0 Å². The summed E-state index contributed by atoms with van der Waals surface area (Å²) in [5.41, 5.74) is -0.0566. The van der Waals surface area contributed by atoms with Crippen molar-refractivity contribution < 1.29 is 4.74 Å². The highest BCUT2D eigenvalue weighted by atomic mass is 35.5. The molecule has 1 aromatic heterocycles. The number of nitrogens with one attached hydrogen (secondary N) is 2. The van der Waals surface area contributed by atoms with Gasteiger partial charge in [-0.15, -0.1) is 11.3 Å². The van der Waals surface area contributed by atoms with Gasteiger partial charge in [0.25, 0.3) is 0 Å². The van der Waals surface area contributed by atoms with E-state index < -0.39 is 0 Å². The molecule has 1 fully saturated rings. The van der Waals surface area contributed by atoms with Crippen LogP contribution in [0.5, 0.6) is 0 Å². The number of halogens is 1. The van der Waals surface area contributed by atoms with Gasteiger partial charge in [-0.1, -0.05) is 11.6 Å². The molecule has 2 heterocycles. The molecule has 1 aliphatic heterocycles. The molecule has 1 unspecified atom stereocenters. The van der Waals surface area contributed by atoms with Crippen LogP contribution in [0.3, 0.4) is 0 Å². The molecule has 0 aliphatic carbocycles. The van der Waals surface area contributed by atoms with E-state index in [4.69, 9.17) is 16.3 Å². The van der Waals surface area contributed by atoms with Crippen LogP contribution in [0.15, 0.2) is 17.1 Å². The second kappa shape index (κ2) is 7.29. The van der Waals surface area contributed by atoms with Crippen molar-refractivity contribution in [1.29, 1.82) is 0 Å². The third-order valence-electron chi connectivity index (χ3n) is 3.45. The number of hydrogen-bond acceptors (Lipinski definition) is 3. The lowest BCUT2D eigenvalue weighted by Crippen LogP contribution is -2.45. The van der Waals surface area contributed by atoms with Gasteiger partial charge >= 0.3 is 0 Å². The lowest BCUT2D eigenvalue weighted by atomic mass is 10.0. The minimum Gasteiger partial charge on any atom is -0.373 e. The molecule has 1 atom stereocenters. The highest BCUT2D eigenvalue weighted by Gasteiger charge is 2.29. The normalized spacial score (nSPS) is 23.1. The highest BCUT2D eigenvalue weighted by molar-refractivity contribution is 7.16. The van der Waals surface area contributed by atoms with Crippen LogP contribution in [0.4, 0.5) is 0 Å². The SMILES string of the molecule is CN=C(NCCc1ccc(Cl)s1)NCC1(C)CCCO1. The minimum absolute atomic E-state index is 0.0566. The predicted octanol–water partition coefficient (Wildman–Crippen LogP) is 2.68. The Bertz CT molecular complexity index is 455. The average molecular weight is 316 g/mol. The number of thiophene rings is 1. The van der Waals surface area contributed by atoms with Gasteiger partial charge in [0.2, 0.25) is 0 Å². The van der Waals surface area contributed by atoms with Crippen molar-refractivity contribution in [2.24, 2.45) is 4.99 Å². The van der Waals surface area contributed by atoms with Crippen LogP contribution in [-0.4, -0.2) is 38.3 Å². The fourth-order valence-corrected chi connectivity index (χ4v) is 3.34. The summed E-state index contributed by atoms with van der Waals surface area (Å²) in [5.74, 6) is 0.823. The van der Waals surface area contributed by atoms with E-state index >= 15 is 0 Å². The van der Waals surface area contributed by atoms with Crippen LogP contribution in [0.2, 0.25) is 4.34 Å². The third kappa shape index (κ3) is 4.65. The first kappa shape index (κ1) is 15.6. The summed E-state index contributed by atoms with van der Waals surface area (Å²) in [5, 5.41) is 6.65. The number of aliphatic imine (C=N–C) groups is 1. The Labute approximate surface area is 129 Å². The first-order valence-corrected chi connectivity index (χ1v) is 8.13. The molecule has 1 aliphatic rings. The Morgan fingerprint density at radius 3 is 2.95 bits per heavy atom. The molecule has 0 radical (unpaired) electrons. The van der Waals surface area contributed by atoms with Crippen molar-refractivity contribution in [3.63, 3.8) is 0 Å². The molecule has 4 nitrogen and oxygen atoms in total. The number of ether oxygens (including phenoxy) is 1. The van der Waals surface area contributed by atoms with Gasteiger partial charge in [-0.2, -0.15) is 0 Å². The Balaban J connectivity index is 1.70. The molecule has 0 amide bonds. The van der Waals surface area contributed by atoms with E-state index in [1.54, 1.807) is 18.4 Å². The number of nitrogens with zero attached hydrogens (tertiary/aromatic N) is 1. The van der Waals surface area contributed by atoms with Gasteiger partial charge in [-0.3, -0.25) is 4.99 Å². The summed E-state index contributed by atoms with van der Waals surface area (Å²) in [6.45, 7) is 4.64. The molecule has 2 rings (SSSR count). The fourth-order valence-electron chi connectivity index (χ4n) is 2.26. The van der Waals surface area contributed by atoms with Crippen LogP contribution in [0.1, 0.15) is 24.6 Å². The van der Waals surface area contributed by atoms with Gasteiger partial charge in [0.1, 0.15) is 0 Å². The van der Waals surface area contributed by atoms with Gasteiger partial charge in [-0.25, -0.2) is 0 Å².